The number of likely N-dealkylation sites (N-methyl/N-ethyl adjacent to an activating group) is 1. The van der Waals surface area contributed by atoms with Crippen molar-refractivity contribution in [2.75, 3.05) is 32.5 Å². The molecule has 0 saturated heterocycles. The molecule has 1 aromatic rings. The summed E-state index contributed by atoms with van der Waals surface area (Å²) in [5, 5.41) is -0.313. The minimum Gasteiger partial charge on any atom is -0.399 e. The summed E-state index contributed by atoms with van der Waals surface area (Å²) in [7, 11) is -2.62. The smallest absolute Gasteiger partial charge is 0.245 e. The van der Waals surface area contributed by atoms with Gasteiger partial charge >= 0.3 is 0 Å². The Morgan fingerprint density at radius 2 is 2.14 bits per heavy atom. The number of halogens is 2. The zero-order valence-electron chi connectivity index (χ0n) is 11.7. The van der Waals surface area contributed by atoms with E-state index in [-0.39, 0.29) is 23.9 Å². The SMILES string of the molecule is CN(CCOCC1CC1)S(=O)(=O)c1cc(N)cc(Cl)c1F. The number of anilines is 1. The van der Waals surface area contributed by atoms with Gasteiger partial charge in [-0.05, 0) is 30.9 Å². The minimum atomic E-state index is -3.99. The summed E-state index contributed by atoms with van der Waals surface area (Å²) >= 11 is 5.64. The van der Waals surface area contributed by atoms with E-state index in [1.165, 1.54) is 26.0 Å². The van der Waals surface area contributed by atoms with E-state index in [9.17, 15) is 12.8 Å². The number of nitrogens with zero attached hydrogens (tertiary/aromatic N) is 1. The predicted molar refractivity (Wildman–Crippen MR) is 79.2 cm³/mol. The van der Waals surface area contributed by atoms with Crippen LogP contribution in [0.5, 0.6) is 0 Å². The number of nitrogen functional groups attached to an aromatic ring is 1. The Balaban J connectivity index is 2.05. The average Bonchev–Trinajstić information content (AvgIpc) is 3.22. The van der Waals surface area contributed by atoms with Crippen LogP contribution in [-0.4, -0.2) is 39.5 Å². The van der Waals surface area contributed by atoms with Crippen molar-refractivity contribution in [3.8, 4) is 0 Å². The quantitative estimate of drug-likeness (QED) is 0.611. The van der Waals surface area contributed by atoms with Gasteiger partial charge in [0.25, 0.3) is 0 Å². The van der Waals surface area contributed by atoms with Gasteiger partial charge in [-0.1, -0.05) is 11.6 Å². The van der Waals surface area contributed by atoms with Gasteiger partial charge in [0.1, 0.15) is 4.90 Å². The summed E-state index contributed by atoms with van der Waals surface area (Å²) in [5.74, 6) is -0.381. The van der Waals surface area contributed by atoms with Gasteiger partial charge in [-0.2, -0.15) is 4.31 Å². The maximum absolute atomic E-state index is 13.9. The molecule has 0 heterocycles. The van der Waals surface area contributed by atoms with Crippen molar-refractivity contribution in [2.45, 2.75) is 17.7 Å². The second-order valence-electron chi connectivity index (χ2n) is 5.16. The van der Waals surface area contributed by atoms with Crippen LogP contribution in [0.3, 0.4) is 0 Å². The Labute approximate surface area is 128 Å². The van der Waals surface area contributed by atoms with Gasteiger partial charge < -0.3 is 10.5 Å². The van der Waals surface area contributed by atoms with Crippen molar-refractivity contribution in [1.82, 2.24) is 4.31 Å². The molecule has 2 N–H and O–H groups in total. The molecule has 0 spiro atoms. The molecule has 0 bridgehead atoms. The molecule has 21 heavy (non-hydrogen) atoms. The van der Waals surface area contributed by atoms with E-state index in [4.69, 9.17) is 22.1 Å². The lowest BCUT2D eigenvalue weighted by Crippen LogP contribution is -2.31. The largest absolute Gasteiger partial charge is 0.399 e. The van der Waals surface area contributed by atoms with Crippen molar-refractivity contribution in [1.29, 1.82) is 0 Å². The molecule has 0 aromatic heterocycles. The molecule has 1 saturated carbocycles. The highest BCUT2D eigenvalue weighted by atomic mass is 35.5. The zero-order valence-corrected chi connectivity index (χ0v) is 13.3. The number of benzene rings is 1. The fourth-order valence-corrected chi connectivity index (χ4v) is 3.34. The Morgan fingerprint density at radius 3 is 2.76 bits per heavy atom. The van der Waals surface area contributed by atoms with E-state index in [0.717, 1.165) is 10.4 Å². The van der Waals surface area contributed by atoms with Crippen LogP contribution in [0.2, 0.25) is 5.02 Å². The van der Waals surface area contributed by atoms with Crippen LogP contribution < -0.4 is 5.73 Å². The molecule has 0 unspecified atom stereocenters. The summed E-state index contributed by atoms with van der Waals surface area (Å²) < 4.78 is 45.0. The molecule has 2 rings (SSSR count). The molecule has 118 valence electrons. The molecule has 1 aliphatic rings. The molecule has 0 radical (unpaired) electrons. The first-order valence-electron chi connectivity index (χ1n) is 6.61. The lowest BCUT2D eigenvalue weighted by atomic mass is 10.3. The second-order valence-corrected chi connectivity index (χ2v) is 7.58. The normalized spacial score (nSPS) is 15.6. The standard InChI is InChI=1S/C13H18ClFN2O3S/c1-17(4-5-20-8-9-2-3-9)21(18,19)12-7-10(16)6-11(14)13(12)15/h6-7,9H,2-5,8,16H2,1H3. The van der Waals surface area contributed by atoms with E-state index in [2.05, 4.69) is 0 Å². The summed E-state index contributed by atoms with van der Waals surface area (Å²) in [6.45, 7) is 1.05. The molecular formula is C13H18ClFN2O3S. The van der Waals surface area contributed by atoms with Gasteiger partial charge in [-0.25, -0.2) is 12.8 Å². The van der Waals surface area contributed by atoms with E-state index in [0.29, 0.717) is 12.5 Å². The summed E-state index contributed by atoms with van der Waals surface area (Å²) in [6, 6.07) is 2.24. The van der Waals surface area contributed by atoms with Gasteiger partial charge in [-0.15, -0.1) is 0 Å². The van der Waals surface area contributed by atoms with E-state index >= 15 is 0 Å². The first-order chi connectivity index (χ1) is 9.82. The van der Waals surface area contributed by atoms with Crippen LogP contribution >= 0.6 is 11.6 Å². The Hall–Kier alpha value is -0.890. The maximum Gasteiger partial charge on any atom is 0.245 e. The predicted octanol–water partition coefficient (Wildman–Crippen LogP) is 2.11. The third kappa shape index (κ3) is 4.06. The van der Waals surface area contributed by atoms with Crippen molar-refractivity contribution in [3.63, 3.8) is 0 Å². The molecule has 0 aliphatic heterocycles. The van der Waals surface area contributed by atoms with Crippen molar-refractivity contribution >= 4 is 27.3 Å². The topological polar surface area (TPSA) is 72.6 Å². The Bertz CT molecular complexity index is 620. The molecule has 5 nitrogen and oxygen atoms in total. The highest BCUT2D eigenvalue weighted by molar-refractivity contribution is 7.89. The van der Waals surface area contributed by atoms with E-state index < -0.39 is 20.7 Å². The van der Waals surface area contributed by atoms with Gasteiger partial charge in [0, 0.05) is 25.9 Å². The fraction of sp³-hybridized carbons (Fsp3) is 0.538. The zero-order chi connectivity index (χ0) is 15.6. The second kappa shape index (κ2) is 6.48. The lowest BCUT2D eigenvalue weighted by molar-refractivity contribution is 0.117. The number of sulfonamides is 1. The number of nitrogens with two attached hydrogens (primary N) is 1. The fourth-order valence-electron chi connectivity index (χ4n) is 1.79. The molecule has 1 aliphatic carbocycles. The Morgan fingerprint density at radius 1 is 1.48 bits per heavy atom. The third-order valence-electron chi connectivity index (χ3n) is 3.31. The van der Waals surface area contributed by atoms with Crippen LogP contribution in [0.25, 0.3) is 0 Å². The lowest BCUT2D eigenvalue weighted by Gasteiger charge is -2.18. The first kappa shape index (κ1) is 16.5. The van der Waals surface area contributed by atoms with Gasteiger partial charge in [0.15, 0.2) is 5.82 Å². The van der Waals surface area contributed by atoms with Crippen LogP contribution in [-0.2, 0) is 14.8 Å². The molecule has 1 aromatic carbocycles. The molecule has 1 fully saturated rings. The number of ether oxygens (including phenoxy) is 1. The summed E-state index contributed by atoms with van der Waals surface area (Å²) in [6.07, 6.45) is 2.34. The number of rotatable bonds is 7. The molecule has 0 atom stereocenters. The summed E-state index contributed by atoms with van der Waals surface area (Å²) in [4.78, 5) is -0.516. The van der Waals surface area contributed by atoms with E-state index in [1.807, 2.05) is 0 Å². The molecular weight excluding hydrogens is 319 g/mol. The molecule has 8 heteroatoms. The number of hydrogen-bond acceptors (Lipinski definition) is 4. The highest BCUT2D eigenvalue weighted by Crippen LogP contribution is 2.29. The monoisotopic (exact) mass is 336 g/mol. The van der Waals surface area contributed by atoms with Crippen molar-refractivity contribution in [3.05, 3.63) is 23.0 Å². The minimum absolute atomic E-state index is 0.0957. The van der Waals surface area contributed by atoms with Gasteiger partial charge in [-0.3, -0.25) is 0 Å². The van der Waals surface area contributed by atoms with Crippen LogP contribution in [0.4, 0.5) is 10.1 Å². The van der Waals surface area contributed by atoms with E-state index in [1.54, 1.807) is 0 Å². The summed E-state index contributed by atoms with van der Waals surface area (Å²) in [5.41, 5.74) is 5.62. The van der Waals surface area contributed by atoms with Gasteiger partial charge in [0.2, 0.25) is 10.0 Å². The molecule has 0 amide bonds. The Kier molecular flexibility index (Phi) is 5.08. The van der Waals surface area contributed by atoms with Crippen molar-refractivity contribution in [2.24, 2.45) is 5.92 Å². The average molecular weight is 337 g/mol. The highest BCUT2D eigenvalue weighted by Gasteiger charge is 2.27. The van der Waals surface area contributed by atoms with Crippen LogP contribution in [0, 0.1) is 11.7 Å². The van der Waals surface area contributed by atoms with Crippen LogP contribution in [0.1, 0.15) is 12.8 Å². The number of hydrogen-bond donors (Lipinski definition) is 1. The maximum atomic E-state index is 13.9. The van der Waals surface area contributed by atoms with Crippen molar-refractivity contribution < 1.29 is 17.5 Å². The third-order valence-corrected chi connectivity index (χ3v) is 5.44. The van der Waals surface area contributed by atoms with Gasteiger partial charge in [0.05, 0.1) is 11.6 Å². The first-order valence-corrected chi connectivity index (χ1v) is 8.42. The van der Waals surface area contributed by atoms with Crippen LogP contribution in [0.15, 0.2) is 17.0 Å².